The number of carbonyl (C=O) groups excluding carboxylic acids is 1. The molecule has 0 saturated carbocycles. The fourth-order valence-electron chi connectivity index (χ4n) is 5.04. The van der Waals surface area contributed by atoms with Gasteiger partial charge in [0.05, 0.1) is 16.6 Å². The van der Waals surface area contributed by atoms with Crippen LogP contribution in [0.2, 0.25) is 0 Å². The molecule has 1 aliphatic heterocycles. The highest BCUT2D eigenvalue weighted by Crippen LogP contribution is 2.31. The van der Waals surface area contributed by atoms with Crippen molar-refractivity contribution in [2.75, 3.05) is 18.0 Å². The first kappa shape index (κ1) is 25.3. The average molecular weight is 551 g/mol. The highest BCUT2D eigenvalue weighted by molar-refractivity contribution is 7.17. The molecule has 6 rings (SSSR count). The summed E-state index contributed by atoms with van der Waals surface area (Å²) in [7, 11) is 0. The van der Waals surface area contributed by atoms with Gasteiger partial charge >= 0.3 is 6.18 Å². The number of nitrogens with one attached hydrogen (secondary N) is 1. The summed E-state index contributed by atoms with van der Waals surface area (Å²) in [6, 6.07) is 13.2. The lowest BCUT2D eigenvalue weighted by Gasteiger charge is -2.21. The van der Waals surface area contributed by atoms with Gasteiger partial charge in [-0.05, 0) is 78.1 Å². The first-order valence-electron chi connectivity index (χ1n) is 12.7. The quantitative estimate of drug-likeness (QED) is 0.292. The van der Waals surface area contributed by atoms with Crippen molar-refractivity contribution in [1.82, 2.24) is 25.1 Å². The van der Waals surface area contributed by atoms with Gasteiger partial charge in [-0.15, -0.1) is 16.4 Å². The number of alkyl halides is 3. The number of carbonyl (C=O) groups is 1. The molecule has 39 heavy (non-hydrogen) atoms. The molecule has 2 aromatic carbocycles. The number of nitrogens with zero attached hydrogens (tertiary/aromatic N) is 5. The van der Waals surface area contributed by atoms with Crippen molar-refractivity contribution < 1.29 is 18.0 Å². The Morgan fingerprint density at radius 3 is 2.72 bits per heavy atom. The molecule has 0 bridgehead atoms. The Morgan fingerprint density at radius 1 is 1.05 bits per heavy atom. The van der Waals surface area contributed by atoms with Gasteiger partial charge in [-0.2, -0.15) is 13.2 Å². The molecule has 1 aliphatic rings. The predicted molar refractivity (Wildman–Crippen MR) is 145 cm³/mol. The van der Waals surface area contributed by atoms with Crippen molar-refractivity contribution >= 4 is 44.2 Å². The first-order valence-corrected chi connectivity index (χ1v) is 13.6. The van der Waals surface area contributed by atoms with Crippen LogP contribution in [0.5, 0.6) is 0 Å². The van der Waals surface area contributed by atoms with Crippen molar-refractivity contribution in [3.05, 3.63) is 77.6 Å². The van der Waals surface area contributed by atoms with E-state index in [1.54, 1.807) is 17.5 Å². The lowest BCUT2D eigenvalue weighted by molar-refractivity contribution is -0.137. The number of rotatable bonds is 5. The zero-order valence-corrected chi connectivity index (χ0v) is 21.7. The predicted octanol–water partition coefficient (Wildman–Crippen LogP) is 5.97. The van der Waals surface area contributed by atoms with Crippen LogP contribution in [-0.2, 0) is 17.5 Å². The van der Waals surface area contributed by atoms with Crippen molar-refractivity contribution in [1.29, 1.82) is 0 Å². The fraction of sp³-hybridized carbons (Fsp3) is 0.286. The van der Waals surface area contributed by atoms with Gasteiger partial charge in [0.1, 0.15) is 12.1 Å². The van der Waals surface area contributed by atoms with E-state index in [1.165, 1.54) is 33.2 Å². The summed E-state index contributed by atoms with van der Waals surface area (Å²) in [5.74, 6) is 0.681. The maximum Gasteiger partial charge on any atom is 0.416 e. The van der Waals surface area contributed by atoms with Crippen molar-refractivity contribution in [3.63, 3.8) is 0 Å². The SMILES string of the molecule is O=C(NCc1ccc2sccc2c1)C1CCCN(c2ncnc3nn(-c4ccc(C(F)(F)F)cc4)cc23)CC1. The Bertz CT molecular complexity index is 1630. The Kier molecular flexibility index (Phi) is 6.68. The van der Waals surface area contributed by atoms with Gasteiger partial charge in [0.2, 0.25) is 5.91 Å². The van der Waals surface area contributed by atoms with Crippen LogP contribution in [0.25, 0.3) is 26.8 Å². The number of aromatic nitrogens is 4. The number of amides is 1. The summed E-state index contributed by atoms with van der Waals surface area (Å²) in [5, 5.41) is 11.5. The van der Waals surface area contributed by atoms with Gasteiger partial charge in [-0.25, -0.2) is 14.6 Å². The third kappa shape index (κ3) is 5.31. The smallest absolute Gasteiger partial charge is 0.356 e. The number of hydrogen-bond acceptors (Lipinski definition) is 6. The van der Waals surface area contributed by atoms with Crippen LogP contribution in [0.3, 0.4) is 0 Å². The zero-order valence-electron chi connectivity index (χ0n) is 20.9. The lowest BCUT2D eigenvalue weighted by Crippen LogP contribution is -2.31. The van der Waals surface area contributed by atoms with Gasteiger partial charge < -0.3 is 10.2 Å². The summed E-state index contributed by atoms with van der Waals surface area (Å²) >= 11 is 1.70. The molecule has 1 amide bonds. The van der Waals surface area contributed by atoms with Gasteiger partial charge in [-0.1, -0.05) is 6.07 Å². The maximum atomic E-state index is 13.0. The second kappa shape index (κ2) is 10.3. The molecular weight excluding hydrogens is 525 g/mol. The molecule has 7 nitrogen and oxygen atoms in total. The van der Waals surface area contributed by atoms with E-state index in [0.29, 0.717) is 42.0 Å². The molecule has 1 atom stereocenters. The van der Waals surface area contributed by atoms with Crippen LogP contribution in [0, 0.1) is 5.92 Å². The monoisotopic (exact) mass is 550 g/mol. The minimum atomic E-state index is -4.40. The highest BCUT2D eigenvalue weighted by atomic mass is 32.1. The van der Waals surface area contributed by atoms with Crippen LogP contribution in [-0.4, -0.2) is 38.7 Å². The largest absolute Gasteiger partial charge is 0.416 e. The highest BCUT2D eigenvalue weighted by Gasteiger charge is 2.30. The Labute approximate surface area is 226 Å². The minimum absolute atomic E-state index is 0.0604. The molecule has 0 radical (unpaired) electrons. The summed E-state index contributed by atoms with van der Waals surface area (Å²) in [5.41, 5.74) is 1.33. The zero-order chi connectivity index (χ0) is 27.0. The van der Waals surface area contributed by atoms with Crippen molar-refractivity contribution in [2.24, 2.45) is 5.92 Å². The Morgan fingerprint density at radius 2 is 1.90 bits per heavy atom. The van der Waals surface area contributed by atoms with Crippen molar-refractivity contribution in [2.45, 2.75) is 32.0 Å². The second-order valence-electron chi connectivity index (χ2n) is 9.68. The molecule has 0 aliphatic carbocycles. The summed E-state index contributed by atoms with van der Waals surface area (Å²) in [4.78, 5) is 23.9. The standard InChI is InChI=1S/C28H25F3N6OS/c29-28(30,31)21-4-6-22(7-5-21)37-16-23-25(35-37)33-17-34-26(23)36-11-1-2-19(9-12-36)27(38)32-15-18-3-8-24-20(14-18)10-13-39-24/h3-8,10,13-14,16-17,19H,1-2,9,11-12,15H2,(H,32,38). The van der Waals surface area contributed by atoms with Crippen LogP contribution in [0.4, 0.5) is 19.0 Å². The molecule has 4 heterocycles. The van der Waals surface area contributed by atoms with Gasteiger partial charge in [0.15, 0.2) is 5.65 Å². The summed E-state index contributed by atoms with van der Waals surface area (Å²) in [6.45, 7) is 1.88. The van der Waals surface area contributed by atoms with E-state index in [0.717, 1.165) is 37.1 Å². The van der Waals surface area contributed by atoms with E-state index in [1.807, 2.05) is 0 Å². The van der Waals surface area contributed by atoms with E-state index >= 15 is 0 Å². The number of halogens is 3. The van der Waals surface area contributed by atoms with Gasteiger partial charge in [0, 0.05) is 36.4 Å². The maximum absolute atomic E-state index is 13.0. The van der Waals surface area contributed by atoms with E-state index in [9.17, 15) is 18.0 Å². The van der Waals surface area contributed by atoms with E-state index in [2.05, 4.69) is 54.9 Å². The average Bonchev–Trinajstić information content (AvgIpc) is 3.51. The van der Waals surface area contributed by atoms with Crippen LogP contribution in [0.1, 0.15) is 30.4 Å². The topological polar surface area (TPSA) is 75.9 Å². The molecule has 1 N–H and O–H groups in total. The molecule has 5 aromatic rings. The van der Waals surface area contributed by atoms with Crippen LogP contribution < -0.4 is 10.2 Å². The molecule has 3 aromatic heterocycles. The number of benzene rings is 2. The molecule has 1 saturated heterocycles. The fourth-order valence-corrected chi connectivity index (χ4v) is 5.81. The van der Waals surface area contributed by atoms with Crippen LogP contribution in [0.15, 0.2) is 66.4 Å². The molecule has 11 heteroatoms. The third-order valence-electron chi connectivity index (χ3n) is 7.14. The van der Waals surface area contributed by atoms with E-state index in [-0.39, 0.29) is 11.8 Å². The number of hydrogen-bond donors (Lipinski definition) is 1. The van der Waals surface area contributed by atoms with E-state index < -0.39 is 11.7 Å². The van der Waals surface area contributed by atoms with Gasteiger partial charge in [-0.3, -0.25) is 4.79 Å². The molecule has 200 valence electrons. The normalized spacial score (nSPS) is 16.5. The first-order chi connectivity index (χ1) is 18.8. The Hall–Kier alpha value is -3.99. The van der Waals surface area contributed by atoms with Crippen LogP contribution >= 0.6 is 11.3 Å². The molecule has 1 unspecified atom stereocenters. The molecule has 1 fully saturated rings. The second-order valence-corrected chi connectivity index (χ2v) is 10.6. The van der Waals surface area contributed by atoms with Gasteiger partial charge in [0.25, 0.3) is 0 Å². The molecule has 0 spiro atoms. The number of thiophene rings is 1. The lowest BCUT2D eigenvalue weighted by atomic mass is 9.99. The number of anilines is 1. The Balaban J connectivity index is 1.13. The summed E-state index contributed by atoms with van der Waals surface area (Å²) in [6.07, 6.45) is 1.09. The third-order valence-corrected chi connectivity index (χ3v) is 8.03. The molecular formula is C28H25F3N6OS. The number of fused-ring (bicyclic) bond motifs is 2. The van der Waals surface area contributed by atoms with Crippen molar-refractivity contribution in [3.8, 4) is 5.69 Å². The minimum Gasteiger partial charge on any atom is -0.356 e. The van der Waals surface area contributed by atoms with E-state index in [4.69, 9.17) is 0 Å². The summed E-state index contributed by atoms with van der Waals surface area (Å²) < 4.78 is 41.6.